The van der Waals surface area contributed by atoms with Crippen molar-refractivity contribution >= 4 is 61.7 Å². The van der Waals surface area contributed by atoms with E-state index in [0.717, 1.165) is 0 Å². The van der Waals surface area contributed by atoms with Gasteiger partial charge in [-0.15, -0.1) is 13.9 Å². The molecule has 0 aliphatic carbocycles. The number of nitrogens with zero attached hydrogens (tertiary/aromatic N) is 8. The first-order valence-corrected chi connectivity index (χ1v) is 17.6. The number of halogens is 2. The SMILES string of the molecule is O=[P+](O)OC1C(CO)OC(n2cnc3c(NCC=CCNc4ncnc5c4ncn5C4OC(CO)C(O[P+](=O)S)C4F)ncnc32)C1F. The maximum atomic E-state index is 15.2. The Bertz CT molecular complexity index is 1700. The fourth-order valence-corrected chi connectivity index (χ4v) is 6.65. The van der Waals surface area contributed by atoms with Gasteiger partial charge in [-0.2, -0.15) is 0 Å². The predicted octanol–water partition coefficient (Wildman–Crippen LogP) is 1.51. The second-order valence-electron chi connectivity index (χ2n) is 10.3. The van der Waals surface area contributed by atoms with E-state index in [1.807, 2.05) is 0 Å². The molecule has 2 fully saturated rings. The number of aliphatic hydroxyl groups excluding tert-OH is 2. The van der Waals surface area contributed by atoms with Crippen molar-refractivity contribution in [3.8, 4) is 0 Å². The van der Waals surface area contributed by atoms with Crippen molar-refractivity contribution in [1.29, 1.82) is 0 Å². The third-order valence-corrected chi connectivity index (χ3v) is 8.66. The molecule has 2 aliphatic rings. The highest BCUT2D eigenvalue weighted by atomic mass is 32.7. The summed E-state index contributed by atoms with van der Waals surface area (Å²) in [5, 5.41) is 25.3. The molecule has 0 amide bonds. The summed E-state index contributed by atoms with van der Waals surface area (Å²) in [7, 11) is -5.57. The number of aliphatic hydroxyl groups is 2. The van der Waals surface area contributed by atoms with Gasteiger partial charge in [-0.05, 0) is 4.57 Å². The van der Waals surface area contributed by atoms with Crippen LogP contribution < -0.4 is 10.6 Å². The Morgan fingerprint density at radius 2 is 1.27 bits per heavy atom. The molecule has 2 saturated heterocycles. The van der Waals surface area contributed by atoms with E-state index < -0.39 is 77.9 Å². The van der Waals surface area contributed by atoms with E-state index in [1.165, 1.54) is 34.4 Å². The quantitative estimate of drug-likeness (QED) is 0.0611. The van der Waals surface area contributed by atoms with Gasteiger partial charge in [0.1, 0.15) is 37.1 Å². The van der Waals surface area contributed by atoms with Crippen LogP contribution >= 0.6 is 27.7 Å². The van der Waals surface area contributed by atoms with E-state index in [4.69, 9.17) is 23.4 Å². The molecule has 0 aromatic carbocycles. The number of ether oxygens (including phenoxy) is 2. The lowest BCUT2D eigenvalue weighted by atomic mass is 10.1. The Kier molecular flexibility index (Phi) is 10.8. The van der Waals surface area contributed by atoms with Crippen molar-refractivity contribution < 1.29 is 51.5 Å². The molecule has 0 bridgehead atoms. The molecule has 0 radical (unpaired) electrons. The number of alkyl halides is 2. The van der Waals surface area contributed by atoms with Gasteiger partial charge in [-0.25, -0.2) is 38.7 Å². The molecular weight excluding hydrogens is 704 g/mol. The molecule has 4 aromatic rings. The normalized spacial score (nSPS) is 28.1. The highest BCUT2D eigenvalue weighted by Crippen LogP contribution is 2.42. The average Bonchev–Trinajstić information content (AvgIpc) is 3.83. The molecule has 6 rings (SSSR count). The lowest BCUT2D eigenvalue weighted by Crippen LogP contribution is -2.32. The minimum absolute atomic E-state index is 0.220. The standard InChI is InChI=1S/C24H26F2N10O9P2S/c25-13-17(44-46(39)40)11(5-37)42-23(13)35-9-33-15-19(29-7-31-21(15)35)27-3-1-2-4-28-20-16-22(32-8-30-20)36(10-34-16)24-14(26)18(45-47(41)48)12(6-38)43-24/h1-2,7-14,17-18,23-24,37-38H,3-6H2,(H2-2,27,28,29,30,31,32,39,40,41,48)/p+2. The fraction of sp³-hybridized carbons (Fsp3) is 0.500. The molecule has 48 heavy (non-hydrogen) atoms. The first kappa shape index (κ1) is 34.4. The van der Waals surface area contributed by atoms with Crippen molar-refractivity contribution in [2.75, 3.05) is 36.9 Å². The summed E-state index contributed by atoms with van der Waals surface area (Å²) < 4.78 is 76.5. The average molecular weight is 733 g/mol. The van der Waals surface area contributed by atoms with Crippen LogP contribution in [0.1, 0.15) is 12.5 Å². The largest absolute Gasteiger partial charge is 0.695 e. The zero-order chi connectivity index (χ0) is 33.9. The number of aromatic nitrogens is 8. The van der Waals surface area contributed by atoms with Crippen LogP contribution in [0.25, 0.3) is 22.3 Å². The first-order valence-electron chi connectivity index (χ1n) is 14.2. The van der Waals surface area contributed by atoms with Crippen LogP contribution in [0.2, 0.25) is 0 Å². The van der Waals surface area contributed by atoms with Gasteiger partial charge >= 0.3 is 15.5 Å². The Labute approximate surface area is 275 Å². The predicted molar refractivity (Wildman–Crippen MR) is 165 cm³/mol. The lowest BCUT2D eigenvalue weighted by molar-refractivity contribution is -0.0436. The van der Waals surface area contributed by atoms with E-state index in [9.17, 15) is 19.3 Å². The monoisotopic (exact) mass is 732 g/mol. The van der Waals surface area contributed by atoms with Crippen LogP contribution in [0.5, 0.6) is 0 Å². The number of imidazole rings is 2. The van der Waals surface area contributed by atoms with Crippen LogP contribution in [0.4, 0.5) is 20.4 Å². The van der Waals surface area contributed by atoms with Crippen molar-refractivity contribution in [2.24, 2.45) is 0 Å². The number of thiol groups is 1. The number of nitrogens with one attached hydrogen (secondary N) is 2. The zero-order valence-corrected chi connectivity index (χ0v) is 27.1. The molecule has 10 atom stereocenters. The van der Waals surface area contributed by atoms with Crippen LogP contribution in [0.15, 0.2) is 37.5 Å². The zero-order valence-electron chi connectivity index (χ0n) is 24.4. The summed E-state index contributed by atoms with van der Waals surface area (Å²) in [6.07, 6.45) is -2.57. The highest BCUT2D eigenvalue weighted by molar-refractivity contribution is 8.39. The Balaban J connectivity index is 1.07. The summed E-state index contributed by atoms with van der Waals surface area (Å²) in [6.45, 7) is -0.585. The first-order chi connectivity index (χ1) is 23.2. The summed E-state index contributed by atoms with van der Waals surface area (Å²) in [6, 6.07) is 0. The summed E-state index contributed by atoms with van der Waals surface area (Å²) in [5.41, 5.74) is 1.12. The third-order valence-electron chi connectivity index (χ3n) is 7.52. The molecule has 5 N–H and O–H groups in total. The van der Waals surface area contributed by atoms with Gasteiger partial charge in [0, 0.05) is 17.7 Å². The molecule has 0 spiro atoms. The number of rotatable bonds is 14. The van der Waals surface area contributed by atoms with E-state index >= 15 is 8.78 Å². The van der Waals surface area contributed by atoms with Crippen molar-refractivity contribution in [2.45, 2.75) is 49.2 Å². The fourth-order valence-electron chi connectivity index (χ4n) is 5.40. The van der Waals surface area contributed by atoms with Gasteiger partial charge in [-0.1, -0.05) is 12.2 Å². The van der Waals surface area contributed by atoms with Crippen LogP contribution in [0.3, 0.4) is 0 Å². The Morgan fingerprint density at radius 3 is 1.69 bits per heavy atom. The van der Waals surface area contributed by atoms with Crippen LogP contribution in [0, 0.1) is 0 Å². The number of hydrogen-bond acceptors (Lipinski definition) is 16. The van der Waals surface area contributed by atoms with Gasteiger partial charge in [0.2, 0.25) is 0 Å². The summed E-state index contributed by atoms with van der Waals surface area (Å²) in [5.74, 6) is 0.704. The lowest BCUT2D eigenvalue weighted by Gasteiger charge is -2.15. The highest BCUT2D eigenvalue weighted by Gasteiger charge is 2.52. The van der Waals surface area contributed by atoms with Crippen molar-refractivity contribution in [1.82, 2.24) is 39.0 Å². The Hall–Kier alpha value is -3.43. The van der Waals surface area contributed by atoms with Crippen molar-refractivity contribution in [3.05, 3.63) is 37.5 Å². The molecule has 19 nitrogen and oxygen atoms in total. The Morgan fingerprint density at radius 1 is 0.812 bits per heavy atom. The van der Waals surface area contributed by atoms with Crippen LogP contribution in [-0.4, -0.2) is 117 Å². The van der Waals surface area contributed by atoms with Gasteiger partial charge in [0.25, 0.3) is 0 Å². The number of fused-ring (bicyclic) bond motifs is 2. The number of anilines is 2. The summed E-state index contributed by atoms with van der Waals surface area (Å²) >= 11 is 3.67. The topological polar surface area (TPSA) is 243 Å². The molecule has 6 heterocycles. The third kappa shape index (κ3) is 6.86. The molecule has 24 heteroatoms. The molecule has 10 unspecified atom stereocenters. The second-order valence-corrected chi connectivity index (χ2v) is 12.7. The molecule has 256 valence electrons. The maximum Gasteiger partial charge on any atom is 0.695 e. The van der Waals surface area contributed by atoms with E-state index in [2.05, 4.69) is 52.8 Å². The molecule has 2 aliphatic heterocycles. The van der Waals surface area contributed by atoms with Gasteiger partial charge in [0.05, 0.1) is 25.9 Å². The number of hydrogen-bond donors (Lipinski definition) is 6. The van der Waals surface area contributed by atoms with Gasteiger partial charge in [0.15, 0.2) is 71.0 Å². The van der Waals surface area contributed by atoms with E-state index in [1.54, 1.807) is 12.2 Å². The van der Waals surface area contributed by atoms with E-state index in [0.29, 0.717) is 35.8 Å². The van der Waals surface area contributed by atoms with E-state index in [-0.39, 0.29) is 11.3 Å². The molecular formula is C24H28F2N10O9P2S+2. The summed E-state index contributed by atoms with van der Waals surface area (Å²) in [4.78, 5) is 34.4. The minimum atomic E-state index is -3.13. The van der Waals surface area contributed by atoms with Crippen LogP contribution in [-0.2, 0) is 27.7 Å². The molecule has 0 saturated carbocycles. The second kappa shape index (κ2) is 15.0. The smallest absolute Gasteiger partial charge is 0.394 e. The maximum absolute atomic E-state index is 15.2. The minimum Gasteiger partial charge on any atom is -0.394 e. The van der Waals surface area contributed by atoms with Crippen molar-refractivity contribution in [3.63, 3.8) is 0 Å². The van der Waals surface area contributed by atoms with Gasteiger partial charge in [-0.3, -0.25) is 9.13 Å². The molecule has 4 aromatic heterocycles. The van der Waals surface area contributed by atoms with Gasteiger partial charge < -0.3 is 30.3 Å².